The van der Waals surface area contributed by atoms with Gasteiger partial charge >= 0.3 is 0 Å². The number of rotatable bonds is 0. The van der Waals surface area contributed by atoms with Gasteiger partial charge in [-0.1, -0.05) is 30.4 Å². The molecule has 3 rings (SSSR count). The molecule has 48 valence electrons. The first-order valence-electron chi connectivity index (χ1n) is 3.76. The molecular formula is C10H8. The van der Waals surface area contributed by atoms with Crippen LogP contribution < -0.4 is 0 Å². The van der Waals surface area contributed by atoms with Crippen molar-refractivity contribution in [3.63, 3.8) is 0 Å². The molecule has 0 fully saturated rings. The van der Waals surface area contributed by atoms with E-state index in [-0.39, 0.29) is 0 Å². The fourth-order valence-electron chi connectivity index (χ4n) is 1.78. The summed E-state index contributed by atoms with van der Waals surface area (Å²) >= 11 is 0. The van der Waals surface area contributed by atoms with Crippen LogP contribution in [-0.4, -0.2) is 0 Å². The summed E-state index contributed by atoms with van der Waals surface area (Å²) in [5.74, 6) is 0.767. The minimum absolute atomic E-state index is 0.767. The summed E-state index contributed by atoms with van der Waals surface area (Å²) in [5.41, 5.74) is 4.54. The van der Waals surface area contributed by atoms with E-state index in [1.807, 2.05) is 0 Å². The highest BCUT2D eigenvalue weighted by Gasteiger charge is 2.26. The molecule has 0 bridgehead atoms. The van der Waals surface area contributed by atoms with Crippen LogP contribution in [0.3, 0.4) is 0 Å². The minimum Gasteiger partial charge on any atom is -0.0764 e. The predicted molar refractivity (Wildman–Crippen MR) is 41.5 cm³/mol. The topological polar surface area (TPSA) is 0 Å². The molecule has 0 saturated carbocycles. The van der Waals surface area contributed by atoms with Crippen LogP contribution in [0, 0.1) is 5.92 Å². The van der Waals surface area contributed by atoms with Crippen molar-refractivity contribution < 1.29 is 0 Å². The molecule has 0 aromatic heterocycles. The molecule has 10 heavy (non-hydrogen) atoms. The Balaban J connectivity index is 2.27. The standard InChI is InChI=1S/C10H8/c1-2-8-4-6-10(8)9-5-3-7(1)9/h1,3-6,8H,2H2. The molecule has 0 heterocycles. The van der Waals surface area contributed by atoms with Crippen LogP contribution in [0.15, 0.2) is 47.1 Å². The van der Waals surface area contributed by atoms with Crippen LogP contribution >= 0.6 is 0 Å². The Morgan fingerprint density at radius 3 is 2.70 bits per heavy atom. The molecule has 0 heteroatoms. The Morgan fingerprint density at radius 1 is 1.20 bits per heavy atom. The second kappa shape index (κ2) is 1.34. The van der Waals surface area contributed by atoms with Gasteiger partial charge in [0.25, 0.3) is 0 Å². The van der Waals surface area contributed by atoms with E-state index in [2.05, 4.69) is 30.4 Å². The molecule has 0 N–H and O–H groups in total. The summed E-state index contributed by atoms with van der Waals surface area (Å²) < 4.78 is 0. The third kappa shape index (κ3) is 0.367. The van der Waals surface area contributed by atoms with Gasteiger partial charge in [0.15, 0.2) is 0 Å². The average molecular weight is 128 g/mol. The Morgan fingerprint density at radius 2 is 2.20 bits per heavy atom. The largest absolute Gasteiger partial charge is 0.0764 e. The summed E-state index contributed by atoms with van der Waals surface area (Å²) in [6.07, 6.45) is 12.5. The number of hydrogen-bond acceptors (Lipinski definition) is 0. The lowest BCUT2D eigenvalue weighted by atomic mass is 9.73. The molecule has 0 radical (unpaired) electrons. The van der Waals surface area contributed by atoms with Gasteiger partial charge in [-0.2, -0.15) is 0 Å². The fourth-order valence-corrected chi connectivity index (χ4v) is 1.78. The van der Waals surface area contributed by atoms with Crippen molar-refractivity contribution in [3.05, 3.63) is 47.1 Å². The second-order valence-corrected chi connectivity index (χ2v) is 3.06. The first kappa shape index (κ1) is 4.73. The highest BCUT2D eigenvalue weighted by atomic mass is 14.3. The van der Waals surface area contributed by atoms with Crippen molar-refractivity contribution in [2.24, 2.45) is 5.92 Å². The molecule has 3 aliphatic carbocycles. The van der Waals surface area contributed by atoms with Crippen LogP contribution in [0.1, 0.15) is 6.42 Å². The monoisotopic (exact) mass is 128 g/mol. The molecule has 1 atom stereocenters. The molecule has 0 saturated heterocycles. The zero-order valence-electron chi connectivity index (χ0n) is 5.67. The molecule has 0 amide bonds. The van der Waals surface area contributed by atoms with Gasteiger partial charge in [0, 0.05) is 5.92 Å². The maximum absolute atomic E-state index is 2.34. The summed E-state index contributed by atoms with van der Waals surface area (Å²) in [5, 5.41) is 0. The van der Waals surface area contributed by atoms with Crippen LogP contribution in [0.2, 0.25) is 0 Å². The van der Waals surface area contributed by atoms with Crippen LogP contribution in [0.4, 0.5) is 0 Å². The first-order chi connectivity index (χ1) is 4.95. The van der Waals surface area contributed by atoms with Gasteiger partial charge in [0.05, 0.1) is 0 Å². The molecule has 1 unspecified atom stereocenters. The van der Waals surface area contributed by atoms with Gasteiger partial charge in [-0.3, -0.25) is 0 Å². The van der Waals surface area contributed by atoms with Crippen molar-refractivity contribution in [1.82, 2.24) is 0 Å². The maximum atomic E-state index is 2.34. The van der Waals surface area contributed by atoms with E-state index < -0.39 is 0 Å². The van der Waals surface area contributed by atoms with E-state index in [9.17, 15) is 0 Å². The lowest BCUT2D eigenvalue weighted by Gasteiger charge is -2.31. The lowest BCUT2D eigenvalue weighted by molar-refractivity contribution is 0.727. The lowest BCUT2D eigenvalue weighted by Crippen LogP contribution is -2.16. The second-order valence-electron chi connectivity index (χ2n) is 3.06. The van der Waals surface area contributed by atoms with E-state index in [0.717, 1.165) is 5.92 Å². The van der Waals surface area contributed by atoms with E-state index in [0.29, 0.717) is 0 Å². The van der Waals surface area contributed by atoms with Crippen molar-refractivity contribution in [3.8, 4) is 0 Å². The van der Waals surface area contributed by atoms with Crippen molar-refractivity contribution in [1.29, 1.82) is 0 Å². The molecule has 0 nitrogen and oxygen atoms in total. The van der Waals surface area contributed by atoms with Crippen molar-refractivity contribution in [2.75, 3.05) is 0 Å². The normalized spacial score (nSPS) is 32.0. The van der Waals surface area contributed by atoms with Gasteiger partial charge < -0.3 is 0 Å². The zero-order valence-corrected chi connectivity index (χ0v) is 5.67. The Kier molecular flexibility index (Phi) is 0.634. The molecule has 0 aromatic rings. The number of allylic oxidation sites excluding steroid dienone is 8. The molecule has 0 spiro atoms. The Bertz CT molecular complexity index is 311. The summed E-state index contributed by atoms with van der Waals surface area (Å²) in [7, 11) is 0. The van der Waals surface area contributed by atoms with Crippen LogP contribution in [0.5, 0.6) is 0 Å². The van der Waals surface area contributed by atoms with Crippen molar-refractivity contribution >= 4 is 0 Å². The third-order valence-electron chi connectivity index (χ3n) is 2.55. The van der Waals surface area contributed by atoms with E-state index in [1.54, 1.807) is 5.57 Å². The van der Waals surface area contributed by atoms with Crippen LogP contribution in [0.25, 0.3) is 0 Å². The van der Waals surface area contributed by atoms with Gasteiger partial charge in [0.2, 0.25) is 0 Å². The SMILES string of the molecule is C1=CC2=C3C=CC3CC=C12. The van der Waals surface area contributed by atoms with Gasteiger partial charge in [-0.15, -0.1) is 0 Å². The molecule has 0 aromatic carbocycles. The van der Waals surface area contributed by atoms with Gasteiger partial charge in [0.1, 0.15) is 0 Å². The Hall–Kier alpha value is -1.04. The minimum atomic E-state index is 0.767. The smallest absolute Gasteiger partial charge is 0.00620 e. The summed E-state index contributed by atoms with van der Waals surface area (Å²) in [4.78, 5) is 0. The molecule has 3 aliphatic rings. The van der Waals surface area contributed by atoms with E-state index in [4.69, 9.17) is 0 Å². The molecule has 0 aliphatic heterocycles. The van der Waals surface area contributed by atoms with Crippen molar-refractivity contribution in [2.45, 2.75) is 6.42 Å². The predicted octanol–water partition coefficient (Wildman–Crippen LogP) is 2.37. The fraction of sp³-hybridized carbons (Fsp3) is 0.200. The first-order valence-corrected chi connectivity index (χ1v) is 3.76. The average Bonchev–Trinajstić information content (AvgIpc) is 1.84. The van der Waals surface area contributed by atoms with Gasteiger partial charge in [-0.05, 0) is 23.1 Å². The quantitative estimate of drug-likeness (QED) is 0.470. The van der Waals surface area contributed by atoms with E-state index >= 15 is 0 Å². The number of fused-ring (bicyclic) bond motifs is 2. The van der Waals surface area contributed by atoms with Gasteiger partial charge in [-0.25, -0.2) is 0 Å². The summed E-state index contributed by atoms with van der Waals surface area (Å²) in [6.45, 7) is 0. The van der Waals surface area contributed by atoms with E-state index in [1.165, 1.54) is 17.6 Å². The summed E-state index contributed by atoms with van der Waals surface area (Å²) in [6, 6.07) is 0. The maximum Gasteiger partial charge on any atom is 0.00620 e. The number of hydrogen-bond donors (Lipinski definition) is 0. The highest BCUT2D eigenvalue weighted by molar-refractivity contribution is 5.65. The third-order valence-corrected chi connectivity index (χ3v) is 2.55. The zero-order chi connectivity index (χ0) is 6.55. The Labute approximate surface area is 60.2 Å². The van der Waals surface area contributed by atoms with Crippen LogP contribution in [-0.2, 0) is 0 Å². The highest BCUT2D eigenvalue weighted by Crippen LogP contribution is 2.42. The molecular weight excluding hydrogens is 120 g/mol.